The molecule has 5 heteroatoms. The molecule has 1 aromatic carbocycles. The number of piperidine rings is 1. The zero-order valence-corrected chi connectivity index (χ0v) is 11.6. The number of fused-ring (bicyclic) bond motifs is 1. The molecule has 1 fully saturated rings. The van der Waals surface area contributed by atoms with Gasteiger partial charge >= 0.3 is 6.09 Å². The fourth-order valence-corrected chi connectivity index (χ4v) is 3.05. The number of carbonyl (C=O) groups excluding carboxylic acids is 1. The standard InChI is InChI=1S/C15H19N3O2/c1-2-20-14(19)18-9-7-15(8-10-18)13(16)11-5-3-4-6-12(11)17-15/h3-6,16-17H,2,7-10H2,1H3. The van der Waals surface area contributed by atoms with Crippen LogP contribution < -0.4 is 5.32 Å². The van der Waals surface area contributed by atoms with E-state index in [0.717, 1.165) is 24.1 Å². The van der Waals surface area contributed by atoms with Crippen LogP contribution >= 0.6 is 0 Å². The molecule has 2 N–H and O–H groups in total. The van der Waals surface area contributed by atoms with Crippen molar-refractivity contribution in [2.24, 2.45) is 0 Å². The molecule has 0 aromatic heterocycles. The zero-order valence-electron chi connectivity index (χ0n) is 11.6. The Morgan fingerprint density at radius 2 is 2.10 bits per heavy atom. The first-order valence-electron chi connectivity index (χ1n) is 7.04. The third-order valence-electron chi connectivity index (χ3n) is 4.19. The molecule has 3 rings (SSSR count). The summed E-state index contributed by atoms with van der Waals surface area (Å²) in [6, 6.07) is 7.93. The SMILES string of the molecule is CCOC(=O)N1CCC2(CC1)Nc1ccccc1C2=N. The van der Waals surface area contributed by atoms with Crippen LogP contribution in [-0.2, 0) is 4.74 Å². The van der Waals surface area contributed by atoms with Crippen LogP contribution in [0.1, 0.15) is 25.3 Å². The van der Waals surface area contributed by atoms with Crippen molar-refractivity contribution in [2.75, 3.05) is 25.0 Å². The van der Waals surface area contributed by atoms with Gasteiger partial charge in [-0.05, 0) is 25.8 Å². The van der Waals surface area contributed by atoms with Gasteiger partial charge in [-0.25, -0.2) is 4.79 Å². The van der Waals surface area contributed by atoms with E-state index >= 15 is 0 Å². The van der Waals surface area contributed by atoms with Crippen molar-refractivity contribution in [3.05, 3.63) is 29.8 Å². The molecular formula is C15H19N3O2. The minimum absolute atomic E-state index is 0.246. The highest BCUT2D eigenvalue weighted by Crippen LogP contribution is 2.38. The summed E-state index contributed by atoms with van der Waals surface area (Å²) in [5.41, 5.74) is 2.35. The largest absolute Gasteiger partial charge is 0.450 e. The summed E-state index contributed by atoms with van der Waals surface area (Å²) in [6.07, 6.45) is 1.25. The van der Waals surface area contributed by atoms with E-state index in [4.69, 9.17) is 10.1 Å². The molecular weight excluding hydrogens is 254 g/mol. The van der Waals surface area contributed by atoms with E-state index in [0.29, 0.717) is 25.4 Å². The number of benzene rings is 1. The van der Waals surface area contributed by atoms with Gasteiger partial charge in [-0.3, -0.25) is 0 Å². The number of hydrogen-bond donors (Lipinski definition) is 2. The molecule has 20 heavy (non-hydrogen) atoms. The van der Waals surface area contributed by atoms with Gasteiger partial charge < -0.3 is 20.4 Å². The highest BCUT2D eigenvalue weighted by atomic mass is 16.6. The number of ether oxygens (including phenoxy) is 1. The van der Waals surface area contributed by atoms with Gasteiger partial charge in [0.25, 0.3) is 0 Å². The van der Waals surface area contributed by atoms with Crippen molar-refractivity contribution in [1.29, 1.82) is 5.41 Å². The molecule has 0 atom stereocenters. The number of rotatable bonds is 1. The lowest BCUT2D eigenvalue weighted by Gasteiger charge is -2.39. The topological polar surface area (TPSA) is 65.4 Å². The maximum Gasteiger partial charge on any atom is 0.409 e. The van der Waals surface area contributed by atoms with E-state index in [9.17, 15) is 4.79 Å². The molecule has 1 spiro atoms. The predicted molar refractivity (Wildman–Crippen MR) is 77.5 cm³/mol. The van der Waals surface area contributed by atoms with E-state index in [1.54, 1.807) is 4.90 Å². The number of amides is 1. The first-order valence-corrected chi connectivity index (χ1v) is 7.04. The minimum Gasteiger partial charge on any atom is -0.450 e. The van der Waals surface area contributed by atoms with Crippen LogP contribution in [0.25, 0.3) is 0 Å². The van der Waals surface area contributed by atoms with Gasteiger partial charge in [-0.2, -0.15) is 0 Å². The average Bonchev–Trinajstić information content (AvgIpc) is 2.73. The second-order valence-electron chi connectivity index (χ2n) is 5.31. The van der Waals surface area contributed by atoms with Crippen LogP contribution in [0.5, 0.6) is 0 Å². The van der Waals surface area contributed by atoms with Gasteiger partial charge in [0, 0.05) is 24.3 Å². The summed E-state index contributed by atoms with van der Waals surface area (Å²) in [6.45, 7) is 3.47. The normalized spacial score (nSPS) is 19.6. The second-order valence-corrected chi connectivity index (χ2v) is 5.31. The van der Waals surface area contributed by atoms with Crippen LogP contribution in [0, 0.1) is 5.41 Å². The summed E-state index contributed by atoms with van der Waals surface area (Å²) in [4.78, 5) is 13.5. The van der Waals surface area contributed by atoms with E-state index < -0.39 is 0 Å². The third kappa shape index (κ3) is 1.94. The van der Waals surface area contributed by atoms with Crippen molar-refractivity contribution in [1.82, 2.24) is 4.90 Å². The monoisotopic (exact) mass is 273 g/mol. The van der Waals surface area contributed by atoms with Crippen molar-refractivity contribution in [3.8, 4) is 0 Å². The fourth-order valence-electron chi connectivity index (χ4n) is 3.05. The van der Waals surface area contributed by atoms with Crippen LogP contribution in [-0.4, -0.2) is 41.9 Å². The van der Waals surface area contributed by atoms with Crippen molar-refractivity contribution in [2.45, 2.75) is 25.3 Å². The first-order chi connectivity index (χ1) is 9.66. The summed E-state index contributed by atoms with van der Waals surface area (Å²) in [5, 5.41) is 11.9. The van der Waals surface area contributed by atoms with Gasteiger partial charge in [0.05, 0.1) is 17.9 Å². The molecule has 5 nitrogen and oxygen atoms in total. The number of nitrogens with one attached hydrogen (secondary N) is 2. The van der Waals surface area contributed by atoms with Gasteiger partial charge in [0.15, 0.2) is 0 Å². The second kappa shape index (κ2) is 4.81. The quantitative estimate of drug-likeness (QED) is 0.826. The Labute approximate surface area is 118 Å². The molecule has 1 amide bonds. The molecule has 2 heterocycles. The molecule has 0 saturated carbocycles. The number of likely N-dealkylation sites (tertiary alicyclic amines) is 1. The van der Waals surface area contributed by atoms with Crippen molar-refractivity contribution >= 4 is 17.5 Å². The average molecular weight is 273 g/mol. The Hall–Kier alpha value is -2.04. The van der Waals surface area contributed by atoms with Gasteiger partial charge in [-0.1, -0.05) is 18.2 Å². The molecule has 1 aromatic rings. The Morgan fingerprint density at radius 3 is 2.75 bits per heavy atom. The summed E-state index contributed by atoms with van der Waals surface area (Å²) in [7, 11) is 0. The van der Waals surface area contributed by atoms with Gasteiger partial charge in [-0.15, -0.1) is 0 Å². The Balaban J connectivity index is 1.73. The minimum atomic E-state index is -0.313. The van der Waals surface area contributed by atoms with Crippen LogP contribution in [0.2, 0.25) is 0 Å². The predicted octanol–water partition coefficient (Wildman–Crippen LogP) is 2.47. The maximum absolute atomic E-state index is 11.7. The third-order valence-corrected chi connectivity index (χ3v) is 4.19. The number of carbonyl (C=O) groups is 1. The zero-order chi connectivity index (χ0) is 14.2. The summed E-state index contributed by atoms with van der Waals surface area (Å²) < 4.78 is 5.03. The first kappa shape index (κ1) is 13.0. The fraction of sp³-hybridized carbons (Fsp3) is 0.467. The van der Waals surface area contributed by atoms with Crippen LogP contribution in [0.15, 0.2) is 24.3 Å². The lowest BCUT2D eigenvalue weighted by Crippen LogP contribution is -2.52. The van der Waals surface area contributed by atoms with Gasteiger partial charge in [0.2, 0.25) is 0 Å². The van der Waals surface area contributed by atoms with E-state index in [1.807, 2.05) is 31.2 Å². The molecule has 1 saturated heterocycles. The van der Waals surface area contributed by atoms with Crippen LogP contribution in [0.4, 0.5) is 10.5 Å². The Kier molecular flexibility index (Phi) is 3.12. The smallest absolute Gasteiger partial charge is 0.409 e. The number of hydrogen-bond acceptors (Lipinski definition) is 4. The Morgan fingerprint density at radius 1 is 1.40 bits per heavy atom. The molecule has 2 aliphatic heterocycles. The number of nitrogens with zero attached hydrogens (tertiary/aromatic N) is 1. The van der Waals surface area contributed by atoms with Crippen molar-refractivity contribution < 1.29 is 9.53 Å². The van der Waals surface area contributed by atoms with Crippen LogP contribution in [0.3, 0.4) is 0 Å². The van der Waals surface area contributed by atoms with Crippen molar-refractivity contribution in [3.63, 3.8) is 0 Å². The van der Waals surface area contributed by atoms with E-state index in [-0.39, 0.29) is 11.6 Å². The maximum atomic E-state index is 11.7. The van der Waals surface area contributed by atoms with E-state index in [1.165, 1.54) is 0 Å². The van der Waals surface area contributed by atoms with Gasteiger partial charge in [0.1, 0.15) is 0 Å². The summed E-state index contributed by atoms with van der Waals surface area (Å²) in [5.74, 6) is 0. The number of anilines is 1. The molecule has 0 aliphatic carbocycles. The molecule has 0 radical (unpaired) electrons. The molecule has 0 bridgehead atoms. The number of para-hydroxylation sites is 1. The molecule has 106 valence electrons. The molecule has 2 aliphatic rings. The lowest BCUT2D eigenvalue weighted by molar-refractivity contribution is 0.0954. The summed E-state index contributed by atoms with van der Waals surface area (Å²) >= 11 is 0. The Bertz CT molecular complexity index is 548. The highest BCUT2D eigenvalue weighted by Gasteiger charge is 2.44. The lowest BCUT2D eigenvalue weighted by atomic mass is 9.83. The van der Waals surface area contributed by atoms with E-state index in [2.05, 4.69) is 5.32 Å². The molecule has 0 unspecified atom stereocenters. The highest BCUT2D eigenvalue weighted by molar-refractivity contribution is 6.15.